The highest BCUT2D eigenvalue weighted by atomic mass is 19.4. The lowest BCUT2D eigenvalue weighted by Gasteiger charge is -2.24. The van der Waals surface area contributed by atoms with Crippen molar-refractivity contribution in [3.63, 3.8) is 0 Å². The number of amides is 1. The van der Waals surface area contributed by atoms with Crippen LogP contribution in [0.2, 0.25) is 0 Å². The van der Waals surface area contributed by atoms with E-state index < -0.39 is 23.4 Å². The summed E-state index contributed by atoms with van der Waals surface area (Å²) in [7, 11) is 0. The Morgan fingerprint density at radius 3 is 2.64 bits per heavy atom. The highest BCUT2D eigenvalue weighted by molar-refractivity contribution is 5.67. The van der Waals surface area contributed by atoms with Crippen LogP contribution in [0.5, 0.6) is 0 Å². The van der Waals surface area contributed by atoms with Crippen molar-refractivity contribution in [1.82, 2.24) is 5.32 Å². The Morgan fingerprint density at radius 2 is 2.04 bits per heavy atom. The lowest BCUT2D eigenvalue weighted by atomic mass is 10.1. The molecule has 1 unspecified atom stereocenters. The number of alkyl carbamates (subject to hydrolysis) is 1. The van der Waals surface area contributed by atoms with Crippen LogP contribution in [0.1, 0.15) is 32.8 Å². The molecule has 1 heterocycles. The minimum atomic E-state index is -4.46. The largest absolute Gasteiger partial charge is 0.444 e. The Hall–Kier alpha value is -2.12. The molecule has 25 heavy (non-hydrogen) atoms. The minimum Gasteiger partial charge on any atom is -0.444 e. The molecule has 1 aliphatic heterocycles. The van der Waals surface area contributed by atoms with Crippen LogP contribution in [0.3, 0.4) is 0 Å². The predicted molar refractivity (Wildman–Crippen MR) is 90.4 cm³/mol. The summed E-state index contributed by atoms with van der Waals surface area (Å²) in [5, 5.41) is 2.68. The van der Waals surface area contributed by atoms with E-state index in [1.807, 2.05) is 0 Å². The fourth-order valence-corrected chi connectivity index (χ4v) is 2.82. The number of ether oxygens (including phenoxy) is 1. The van der Waals surface area contributed by atoms with Gasteiger partial charge in [-0.2, -0.15) is 13.2 Å². The molecule has 140 valence electrons. The van der Waals surface area contributed by atoms with Gasteiger partial charge in [-0.1, -0.05) is 0 Å². The molecule has 2 rings (SSSR count). The van der Waals surface area contributed by atoms with E-state index in [0.29, 0.717) is 26.1 Å². The van der Waals surface area contributed by atoms with E-state index in [0.717, 1.165) is 6.07 Å². The number of carbonyl (C=O) groups is 1. The molecule has 1 atom stereocenters. The molecule has 0 spiro atoms. The quantitative estimate of drug-likeness (QED) is 0.809. The number of anilines is 2. The smallest absolute Gasteiger partial charge is 0.418 e. The van der Waals surface area contributed by atoms with Crippen LogP contribution in [0.15, 0.2) is 18.2 Å². The van der Waals surface area contributed by atoms with Gasteiger partial charge in [0.25, 0.3) is 0 Å². The van der Waals surface area contributed by atoms with Crippen molar-refractivity contribution in [3.8, 4) is 0 Å². The van der Waals surface area contributed by atoms with Gasteiger partial charge in [0.05, 0.1) is 5.56 Å². The SMILES string of the molecule is CC(C)(C)OC(=O)NCC1CCN(c2ccc(N)cc2C(F)(F)F)C1. The number of nitrogens with two attached hydrogens (primary N) is 1. The summed E-state index contributed by atoms with van der Waals surface area (Å²) in [5.74, 6) is 0.0613. The van der Waals surface area contributed by atoms with Crippen LogP contribution in [-0.2, 0) is 10.9 Å². The van der Waals surface area contributed by atoms with Crippen molar-refractivity contribution < 1.29 is 22.7 Å². The standard InChI is InChI=1S/C17H24F3N3O2/c1-16(2,3)25-15(24)22-9-11-6-7-23(10-11)14-5-4-12(21)8-13(14)17(18,19)20/h4-5,8,11H,6-7,9-10,21H2,1-3H3,(H,22,24). The number of nitrogen functional groups attached to an aromatic ring is 1. The fourth-order valence-electron chi connectivity index (χ4n) is 2.82. The second-order valence-corrected chi connectivity index (χ2v) is 7.26. The second-order valence-electron chi connectivity index (χ2n) is 7.26. The number of benzene rings is 1. The highest BCUT2D eigenvalue weighted by Crippen LogP contribution is 2.39. The summed E-state index contributed by atoms with van der Waals surface area (Å²) in [6.45, 7) is 6.59. The summed E-state index contributed by atoms with van der Waals surface area (Å²) >= 11 is 0. The number of nitrogens with one attached hydrogen (secondary N) is 1. The lowest BCUT2D eigenvalue weighted by Crippen LogP contribution is -2.36. The molecule has 1 saturated heterocycles. The van der Waals surface area contributed by atoms with Crippen LogP contribution < -0.4 is 16.0 Å². The molecule has 3 N–H and O–H groups in total. The maximum Gasteiger partial charge on any atom is 0.418 e. The lowest BCUT2D eigenvalue weighted by molar-refractivity contribution is -0.137. The molecular weight excluding hydrogens is 335 g/mol. The monoisotopic (exact) mass is 359 g/mol. The number of alkyl halides is 3. The van der Waals surface area contributed by atoms with Gasteiger partial charge in [0.1, 0.15) is 5.60 Å². The number of carbonyl (C=O) groups excluding carboxylic acids is 1. The van der Waals surface area contributed by atoms with E-state index in [2.05, 4.69) is 5.32 Å². The van der Waals surface area contributed by atoms with Gasteiger partial charge in [-0.15, -0.1) is 0 Å². The summed E-state index contributed by atoms with van der Waals surface area (Å²) in [4.78, 5) is 13.4. The van der Waals surface area contributed by atoms with Crippen LogP contribution in [0.25, 0.3) is 0 Å². The van der Waals surface area contributed by atoms with Gasteiger partial charge < -0.3 is 20.7 Å². The first-order chi connectivity index (χ1) is 11.5. The first-order valence-electron chi connectivity index (χ1n) is 8.14. The second kappa shape index (κ2) is 7.01. The van der Waals surface area contributed by atoms with E-state index in [1.165, 1.54) is 12.1 Å². The first-order valence-corrected chi connectivity index (χ1v) is 8.14. The molecule has 0 bridgehead atoms. The van der Waals surface area contributed by atoms with Crippen molar-refractivity contribution in [3.05, 3.63) is 23.8 Å². The number of halogens is 3. The van der Waals surface area contributed by atoms with E-state index >= 15 is 0 Å². The molecular formula is C17H24F3N3O2. The summed E-state index contributed by atoms with van der Waals surface area (Å²) < 4.78 is 44.9. The van der Waals surface area contributed by atoms with Gasteiger partial charge in [-0.25, -0.2) is 4.79 Å². The zero-order valence-electron chi connectivity index (χ0n) is 14.6. The molecule has 5 nitrogen and oxygen atoms in total. The van der Waals surface area contributed by atoms with E-state index in [9.17, 15) is 18.0 Å². The van der Waals surface area contributed by atoms with E-state index in [-0.39, 0.29) is 17.3 Å². The molecule has 1 amide bonds. The van der Waals surface area contributed by atoms with Gasteiger partial charge in [-0.3, -0.25) is 0 Å². The first kappa shape index (κ1) is 19.2. The van der Waals surface area contributed by atoms with Gasteiger partial charge in [0.2, 0.25) is 0 Å². The molecule has 0 aromatic heterocycles. The molecule has 0 aliphatic carbocycles. The van der Waals surface area contributed by atoms with Crippen LogP contribution in [-0.4, -0.2) is 31.3 Å². The topological polar surface area (TPSA) is 67.6 Å². The Morgan fingerprint density at radius 1 is 1.36 bits per heavy atom. The molecule has 8 heteroatoms. The van der Waals surface area contributed by atoms with Crippen molar-refractivity contribution in [2.75, 3.05) is 30.3 Å². The van der Waals surface area contributed by atoms with Crippen molar-refractivity contribution in [1.29, 1.82) is 0 Å². The van der Waals surface area contributed by atoms with Gasteiger partial charge in [0, 0.05) is 31.0 Å². The van der Waals surface area contributed by atoms with Crippen LogP contribution >= 0.6 is 0 Å². The van der Waals surface area contributed by atoms with Crippen LogP contribution in [0.4, 0.5) is 29.3 Å². The minimum absolute atomic E-state index is 0.0613. The Kier molecular flexibility index (Phi) is 5.39. The Balaban J connectivity index is 1.98. The van der Waals surface area contributed by atoms with Crippen molar-refractivity contribution in [2.45, 2.75) is 39.0 Å². The third-order valence-corrected chi connectivity index (χ3v) is 3.89. The van der Waals surface area contributed by atoms with Crippen LogP contribution in [0, 0.1) is 5.92 Å². The number of nitrogens with zero attached hydrogens (tertiary/aromatic N) is 1. The maximum atomic E-state index is 13.2. The van der Waals surface area contributed by atoms with Crippen molar-refractivity contribution in [2.24, 2.45) is 5.92 Å². The number of hydrogen-bond donors (Lipinski definition) is 2. The molecule has 1 aliphatic rings. The summed E-state index contributed by atoms with van der Waals surface area (Å²) in [5.41, 5.74) is 4.40. The van der Waals surface area contributed by atoms with Gasteiger partial charge in [-0.05, 0) is 51.3 Å². The number of hydrogen-bond acceptors (Lipinski definition) is 4. The molecule has 1 fully saturated rings. The Labute approximate surface area is 145 Å². The summed E-state index contributed by atoms with van der Waals surface area (Å²) in [6, 6.07) is 3.83. The zero-order chi connectivity index (χ0) is 18.8. The maximum absolute atomic E-state index is 13.2. The normalized spacial score (nSPS) is 18.3. The molecule has 0 saturated carbocycles. The average Bonchev–Trinajstić information content (AvgIpc) is 2.91. The Bertz CT molecular complexity index is 627. The summed E-state index contributed by atoms with van der Waals surface area (Å²) in [6.07, 6.45) is -4.29. The third kappa shape index (κ3) is 5.44. The van der Waals surface area contributed by atoms with Gasteiger partial charge in [0.15, 0.2) is 0 Å². The third-order valence-electron chi connectivity index (χ3n) is 3.89. The molecule has 0 radical (unpaired) electrons. The average molecular weight is 359 g/mol. The van der Waals surface area contributed by atoms with E-state index in [1.54, 1.807) is 25.7 Å². The molecule has 1 aromatic carbocycles. The predicted octanol–water partition coefficient (Wildman–Crippen LogP) is 3.64. The van der Waals surface area contributed by atoms with Gasteiger partial charge >= 0.3 is 12.3 Å². The highest BCUT2D eigenvalue weighted by Gasteiger charge is 2.36. The zero-order valence-corrected chi connectivity index (χ0v) is 14.6. The fraction of sp³-hybridized carbons (Fsp3) is 0.588. The number of rotatable bonds is 3. The van der Waals surface area contributed by atoms with Crippen molar-refractivity contribution >= 4 is 17.5 Å². The molecule has 1 aromatic rings. The van der Waals surface area contributed by atoms with E-state index in [4.69, 9.17) is 10.5 Å².